The number of hydrogen-bond donors (Lipinski definition) is 2. The third-order valence-corrected chi connectivity index (χ3v) is 12.7. The highest BCUT2D eigenvalue weighted by atomic mass is 16.6. The molecule has 0 bridgehead atoms. The second kappa shape index (κ2) is 25.3. The summed E-state index contributed by atoms with van der Waals surface area (Å²) in [6.07, 6.45) is -0.727. The molecule has 4 amide bonds. The summed E-state index contributed by atoms with van der Waals surface area (Å²) in [6, 6.07) is 42.7. The van der Waals surface area contributed by atoms with E-state index in [9.17, 15) is 19.2 Å². The quantitative estimate of drug-likeness (QED) is 0.0519. The smallest absolute Gasteiger partial charge is 0.424 e. The Hall–Kier alpha value is -7.62. The highest BCUT2D eigenvalue weighted by Gasteiger charge is 2.32. The van der Waals surface area contributed by atoms with Crippen LogP contribution in [0.1, 0.15) is 53.1 Å². The molecule has 0 fully saturated rings. The molecule has 16 heteroatoms. The van der Waals surface area contributed by atoms with Crippen LogP contribution < -0.4 is 10.6 Å². The molecule has 0 aliphatic heterocycles. The fraction of sp³-hybridized carbons (Fsp3) is 0.327. The Labute approximate surface area is 413 Å². The van der Waals surface area contributed by atoms with Crippen molar-refractivity contribution in [3.63, 3.8) is 0 Å². The van der Waals surface area contributed by atoms with E-state index in [0.29, 0.717) is 39.5 Å². The Balaban J connectivity index is 0.00000241. The summed E-state index contributed by atoms with van der Waals surface area (Å²) in [5.41, 5.74) is 10.9. The molecule has 71 heavy (non-hydrogen) atoms. The van der Waals surface area contributed by atoms with Gasteiger partial charge in [0.1, 0.15) is 19.8 Å². The van der Waals surface area contributed by atoms with Crippen LogP contribution in [0.3, 0.4) is 0 Å². The lowest BCUT2D eigenvalue weighted by Crippen LogP contribution is -2.45. The lowest BCUT2D eigenvalue weighted by Gasteiger charge is -2.28. The fourth-order valence-electron chi connectivity index (χ4n) is 9.24. The van der Waals surface area contributed by atoms with E-state index in [1.165, 1.54) is 21.0 Å². The van der Waals surface area contributed by atoms with Crippen LogP contribution in [0.2, 0.25) is 0 Å². The van der Waals surface area contributed by atoms with E-state index in [1.807, 2.05) is 86.8 Å². The van der Waals surface area contributed by atoms with Crippen LogP contribution in [0.25, 0.3) is 33.2 Å². The molecule has 0 unspecified atom stereocenters. The average Bonchev–Trinajstić information content (AvgIpc) is 4.02. The molecule has 0 radical (unpaired) electrons. The summed E-state index contributed by atoms with van der Waals surface area (Å²) >= 11 is 0. The number of hydrogen-bond acceptors (Lipinski definition) is 11. The first-order valence-electron chi connectivity index (χ1n) is 23.8. The van der Waals surface area contributed by atoms with E-state index in [0.717, 1.165) is 50.0 Å². The zero-order valence-electron chi connectivity index (χ0n) is 40.3. The van der Waals surface area contributed by atoms with Crippen molar-refractivity contribution < 1.29 is 47.7 Å². The van der Waals surface area contributed by atoms with Crippen LogP contribution in [-0.2, 0) is 51.2 Å². The van der Waals surface area contributed by atoms with Crippen molar-refractivity contribution in [2.45, 2.75) is 38.3 Å². The number of aryl methyl sites for hydroxylation is 1. The normalized spacial score (nSPS) is 12.2. The first-order valence-corrected chi connectivity index (χ1v) is 23.8. The third-order valence-electron chi connectivity index (χ3n) is 12.7. The van der Waals surface area contributed by atoms with Gasteiger partial charge in [-0.2, -0.15) is 9.59 Å². The second-order valence-corrected chi connectivity index (χ2v) is 17.1. The van der Waals surface area contributed by atoms with Crippen LogP contribution in [-0.4, -0.2) is 130 Å². The van der Waals surface area contributed by atoms with E-state index in [1.54, 1.807) is 12.1 Å². The van der Waals surface area contributed by atoms with Gasteiger partial charge in [-0.25, -0.2) is 19.6 Å². The molecule has 0 atom stereocenters. The first kappa shape index (κ1) is 51.2. The zero-order chi connectivity index (χ0) is 50.1. The number of amides is 4. The lowest BCUT2D eigenvalue weighted by atomic mass is 9.98. The summed E-state index contributed by atoms with van der Waals surface area (Å²) < 4.78 is 24.8. The lowest BCUT2D eigenvalue weighted by molar-refractivity contribution is -0.191. The molecule has 16 nitrogen and oxygen atoms in total. The van der Waals surface area contributed by atoms with Gasteiger partial charge in [0.2, 0.25) is 11.8 Å². The van der Waals surface area contributed by atoms with Gasteiger partial charge in [0.25, 0.3) is 0 Å². The van der Waals surface area contributed by atoms with Crippen molar-refractivity contribution in [1.29, 1.82) is 0 Å². The number of ether oxygens (including phenoxy) is 4. The largest absolute Gasteiger partial charge is 0.448 e. The maximum absolute atomic E-state index is 13.8. The molecule has 1 heterocycles. The standard InChI is InChI=1S/C54H60N6O8.CO2/c1-4-65-31-32-66-30-27-56-52(62)35-59(54(64)68-37-49-46-22-12-8-18-42(46)43-19-9-13-23-47(43)49)29-26-55-51(61)25-28-60-39(33-38-15-5-14-24-50(38)60)34-57(2)58(3)53(63)67-36-48-44-20-10-6-16-40(44)41-17-7-11-21-45(41)48;2-1-3/h5-24,33,48-49H,4,25-32,34-37H2,1-3H3,(H,55,61)(H,56,62);. The zero-order valence-corrected chi connectivity index (χ0v) is 40.3. The number of hydrazine groups is 1. The van der Waals surface area contributed by atoms with Crippen LogP contribution >= 0.6 is 0 Å². The van der Waals surface area contributed by atoms with Crippen molar-refractivity contribution in [3.8, 4) is 22.3 Å². The Morgan fingerprint density at radius 3 is 1.68 bits per heavy atom. The summed E-state index contributed by atoms with van der Waals surface area (Å²) in [4.78, 5) is 71.4. The second-order valence-electron chi connectivity index (χ2n) is 17.1. The molecular weight excluding hydrogens is 905 g/mol. The predicted octanol–water partition coefficient (Wildman–Crippen LogP) is 7.21. The number of carbonyl (C=O) groups excluding carboxylic acids is 6. The number of benzene rings is 5. The van der Waals surface area contributed by atoms with Crippen LogP contribution in [0, 0.1) is 0 Å². The van der Waals surface area contributed by atoms with Crippen molar-refractivity contribution in [2.24, 2.45) is 0 Å². The molecule has 2 aliphatic carbocycles. The van der Waals surface area contributed by atoms with E-state index >= 15 is 0 Å². The van der Waals surface area contributed by atoms with Crippen LogP contribution in [0.4, 0.5) is 9.59 Å². The molecule has 2 aliphatic rings. The molecule has 370 valence electrons. The summed E-state index contributed by atoms with van der Waals surface area (Å²) in [6.45, 7) is 4.87. The number of fused-ring (bicyclic) bond motifs is 7. The number of nitrogens with one attached hydrogen (secondary N) is 2. The minimum Gasteiger partial charge on any atom is -0.448 e. The summed E-state index contributed by atoms with van der Waals surface area (Å²) in [7, 11) is 3.52. The first-order chi connectivity index (χ1) is 34.6. The molecule has 1 aromatic heterocycles. The molecule has 0 saturated carbocycles. The summed E-state index contributed by atoms with van der Waals surface area (Å²) in [5.74, 6) is -0.808. The Bertz CT molecular complexity index is 2730. The van der Waals surface area contributed by atoms with Crippen molar-refractivity contribution in [2.75, 3.05) is 79.9 Å². The van der Waals surface area contributed by atoms with Gasteiger partial charge in [0, 0.05) is 76.3 Å². The van der Waals surface area contributed by atoms with Gasteiger partial charge >= 0.3 is 18.3 Å². The molecule has 6 aromatic rings. The van der Waals surface area contributed by atoms with Gasteiger partial charge in [-0.15, -0.1) is 0 Å². The van der Waals surface area contributed by atoms with Crippen LogP contribution in [0.5, 0.6) is 0 Å². The van der Waals surface area contributed by atoms with Gasteiger partial charge < -0.3 is 34.1 Å². The van der Waals surface area contributed by atoms with E-state index in [4.69, 9.17) is 28.5 Å². The van der Waals surface area contributed by atoms with Gasteiger partial charge in [-0.1, -0.05) is 115 Å². The van der Waals surface area contributed by atoms with Gasteiger partial charge in [0.15, 0.2) is 0 Å². The minimum atomic E-state index is -0.653. The molecule has 0 saturated heterocycles. The maximum Gasteiger partial charge on any atom is 0.424 e. The molecule has 5 aromatic carbocycles. The molecule has 8 rings (SSSR count). The molecular formula is C55H60N6O10. The number of rotatable bonds is 22. The molecule has 2 N–H and O–H groups in total. The summed E-state index contributed by atoms with van der Waals surface area (Å²) in [5, 5.41) is 10.0. The van der Waals surface area contributed by atoms with Crippen LogP contribution in [0.15, 0.2) is 127 Å². The maximum atomic E-state index is 13.8. The Kier molecular flexibility index (Phi) is 18.3. The Morgan fingerprint density at radius 2 is 1.11 bits per heavy atom. The van der Waals surface area contributed by atoms with Crippen molar-refractivity contribution in [3.05, 3.63) is 155 Å². The topological polar surface area (TPSA) is 178 Å². The van der Waals surface area contributed by atoms with E-state index < -0.39 is 12.2 Å². The van der Waals surface area contributed by atoms with Gasteiger partial charge in [-0.05, 0) is 69.0 Å². The minimum absolute atomic E-state index is 0.0470. The van der Waals surface area contributed by atoms with Crippen molar-refractivity contribution >= 4 is 41.1 Å². The highest BCUT2D eigenvalue weighted by molar-refractivity contribution is 5.84. The van der Waals surface area contributed by atoms with Crippen molar-refractivity contribution in [1.82, 2.24) is 30.1 Å². The molecule has 0 spiro atoms. The predicted molar refractivity (Wildman–Crippen MR) is 266 cm³/mol. The number of carbonyl (C=O) groups is 4. The number of nitrogens with zero attached hydrogens (tertiary/aromatic N) is 4. The van der Waals surface area contributed by atoms with E-state index in [-0.39, 0.29) is 75.6 Å². The Morgan fingerprint density at radius 1 is 0.620 bits per heavy atom. The number of aromatic nitrogens is 1. The van der Waals surface area contributed by atoms with Gasteiger partial charge in [-0.3, -0.25) is 14.5 Å². The fourth-order valence-corrected chi connectivity index (χ4v) is 9.24. The third kappa shape index (κ3) is 12.8. The van der Waals surface area contributed by atoms with E-state index in [2.05, 4.69) is 69.8 Å². The monoisotopic (exact) mass is 964 g/mol. The average molecular weight is 965 g/mol. The highest BCUT2D eigenvalue weighted by Crippen LogP contribution is 2.45. The number of para-hydroxylation sites is 1. The SMILES string of the molecule is CCOCCOCCNC(=O)CN(CCNC(=O)CCn1c(CN(C)N(C)C(=O)OCC2c3ccccc3-c3ccccc32)cc2ccccc21)C(=O)OCC1c2ccccc2-c2ccccc21.O=C=O. The van der Waals surface area contributed by atoms with Gasteiger partial charge in [0.05, 0.1) is 26.4 Å².